The highest BCUT2D eigenvalue weighted by molar-refractivity contribution is 7.16. The van der Waals surface area contributed by atoms with Crippen LogP contribution in [0.5, 0.6) is 0 Å². The molecule has 4 nitrogen and oxygen atoms in total. The Hall–Kier alpha value is -2.89. The Labute approximate surface area is 181 Å². The van der Waals surface area contributed by atoms with Crippen molar-refractivity contribution in [3.8, 4) is 0 Å². The number of thiophene rings is 1. The number of carbonyl (C=O) groups excluding carboxylic acids is 1. The third-order valence-corrected chi connectivity index (χ3v) is 6.96. The molecule has 2 N–H and O–H groups in total. The molecule has 5 rings (SSSR count). The lowest BCUT2D eigenvalue weighted by Crippen LogP contribution is -2.45. The van der Waals surface area contributed by atoms with Crippen LogP contribution in [-0.2, 0) is 19.5 Å². The molecule has 5 heteroatoms. The number of anilines is 1. The van der Waals surface area contributed by atoms with Gasteiger partial charge >= 0.3 is 0 Å². The molecule has 30 heavy (non-hydrogen) atoms. The zero-order valence-electron chi connectivity index (χ0n) is 17.0. The standard InChI is InChI=1S/C25H25N3OS/c1-17(14-18-8-4-2-5-9-18)23-26-24(29)22-20-12-13-28(15-19-10-6-3-7-11-19)16-21(20)30-25(22)27-23/h2-11,14,23,27H,12-13,15-16H2,1H3,(H,26,29)/b17-14-/t23-/m0/s1. The second-order valence-corrected chi connectivity index (χ2v) is 9.11. The molecule has 0 radical (unpaired) electrons. The quantitative estimate of drug-likeness (QED) is 0.638. The van der Waals surface area contributed by atoms with Gasteiger partial charge in [-0.1, -0.05) is 66.7 Å². The largest absolute Gasteiger partial charge is 0.353 e. The van der Waals surface area contributed by atoms with Crippen molar-refractivity contribution in [2.24, 2.45) is 0 Å². The average Bonchev–Trinajstić information content (AvgIpc) is 3.13. The monoisotopic (exact) mass is 415 g/mol. The molecule has 0 fully saturated rings. The second kappa shape index (κ2) is 8.09. The number of nitrogens with one attached hydrogen (secondary N) is 2. The molecule has 152 valence electrons. The minimum Gasteiger partial charge on any atom is -0.353 e. The Morgan fingerprint density at radius 3 is 2.60 bits per heavy atom. The third-order valence-electron chi connectivity index (χ3n) is 5.81. The maximum Gasteiger partial charge on any atom is 0.256 e. The van der Waals surface area contributed by atoms with Gasteiger partial charge in [0.15, 0.2) is 0 Å². The van der Waals surface area contributed by atoms with Gasteiger partial charge in [0.25, 0.3) is 5.91 Å². The topological polar surface area (TPSA) is 44.4 Å². The van der Waals surface area contributed by atoms with E-state index in [0.717, 1.165) is 47.8 Å². The van der Waals surface area contributed by atoms with E-state index in [9.17, 15) is 4.79 Å². The molecule has 3 aromatic rings. The molecule has 2 aliphatic rings. The first kappa shape index (κ1) is 19.1. The third kappa shape index (κ3) is 3.78. The fraction of sp³-hybridized carbons (Fsp3) is 0.240. The lowest BCUT2D eigenvalue weighted by molar-refractivity contribution is 0.0940. The van der Waals surface area contributed by atoms with Gasteiger partial charge in [-0.15, -0.1) is 11.3 Å². The molecule has 1 aromatic heterocycles. The smallest absolute Gasteiger partial charge is 0.256 e. The first-order valence-corrected chi connectivity index (χ1v) is 11.2. The zero-order chi connectivity index (χ0) is 20.5. The molecule has 0 aliphatic carbocycles. The lowest BCUT2D eigenvalue weighted by atomic mass is 10.00. The predicted molar refractivity (Wildman–Crippen MR) is 124 cm³/mol. The summed E-state index contributed by atoms with van der Waals surface area (Å²) in [6.45, 7) is 4.89. The summed E-state index contributed by atoms with van der Waals surface area (Å²) >= 11 is 1.74. The minimum atomic E-state index is -0.175. The number of hydrogen-bond acceptors (Lipinski definition) is 4. The molecular weight excluding hydrogens is 390 g/mol. The van der Waals surface area contributed by atoms with Crippen LogP contribution < -0.4 is 10.6 Å². The van der Waals surface area contributed by atoms with E-state index in [0.29, 0.717) is 0 Å². The van der Waals surface area contributed by atoms with Crippen LogP contribution in [0.4, 0.5) is 5.00 Å². The highest BCUT2D eigenvalue weighted by Crippen LogP contribution is 2.39. The van der Waals surface area contributed by atoms with E-state index in [-0.39, 0.29) is 12.1 Å². The maximum absolute atomic E-state index is 13.0. The van der Waals surface area contributed by atoms with E-state index >= 15 is 0 Å². The molecule has 3 heterocycles. The molecule has 0 saturated heterocycles. The minimum absolute atomic E-state index is 0.0450. The fourth-order valence-electron chi connectivity index (χ4n) is 4.27. The van der Waals surface area contributed by atoms with Crippen molar-refractivity contribution >= 4 is 28.3 Å². The molecule has 0 saturated carbocycles. The normalized spacial score (nSPS) is 18.9. The highest BCUT2D eigenvalue weighted by Gasteiger charge is 2.33. The highest BCUT2D eigenvalue weighted by atomic mass is 32.1. The molecule has 0 bridgehead atoms. The lowest BCUT2D eigenvalue weighted by Gasteiger charge is -2.29. The number of amides is 1. The first-order chi connectivity index (χ1) is 14.7. The van der Waals surface area contributed by atoms with Gasteiger partial charge in [-0.25, -0.2) is 0 Å². The predicted octanol–water partition coefficient (Wildman–Crippen LogP) is 4.89. The van der Waals surface area contributed by atoms with E-state index in [1.807, 2.05) is 18.2 Å². The van der Waals surface area contributed by atoms with Crippen molar-refractivity contribution < 1.29 is 4.79 Å². The Kier molecular flexibility index (Phi) is 5.15. The Bertz CT molecular complexity index is 1090. The van der Waals surface area contributed by atoms with Gasteiger partial charge in [0.2, 0.25) is 0 Å². The second-order valence-electron chi connectivity index (χ2n) is 8.00. The van der Waals surface area contributed by atoms with Crippen molar-refractivity contribution in [3.63, 3.8) is 0 Å². The molecule has 1 amide bonds. The van der Waals surface area contributed by atoms with Crippen LogP contribution in [0.25, 0.3) is 6.08 Å². The van der Waals surface area contributed by atoms with Gasteiger partial charge in [-0.05, 0) is 35.6 Å². The molecule has 2 aliphatic heterocycles. The van der Waals surface area contributed by atoms with Gasteiger partial charge in [0.05, 0.1) is 5.56 Å². The number of nitrogens with zero attached hydrogens (tertiary/aromatic N) is 1. The van der Waals surface area contributed by atoms with Crippen LogP contribution in [0, 0.1) is 0 Å². The Balaban J connectivity index is 1.35. The summed E-state index contributed by atoms with van der Waals surface area (Å²) in [6, 6.07) is 20.8. The number of benzene rings is 2. The van der Waals surface area contributed by atoms with Crippen LogP contribution in [0.2, 0.25) is 0 Å². The van der Waals surface area contributed by atoms with Crippen LogP contribution >= 0.6 is 11.3 Å². The van der Waals surface area contributed by atoms with Crippen LogP contribution in [-0.4, -0.2) is 23.5 Å². The SMILES string of the molecule is C/C(=C/c1ccccc1)[C@H]1NC(=O)c2c(sc3c2CCN(Cc2ccccc2)C3)N1. The van der Waals surface area contributed by atoms with Gasteiger partial charge in [0.1, 0.15) is 11.2 Å². The molecule has 2 aromatic carbocycles. The summed E-state index contributed by atoms with van der Waals surface area (Å²) < 4.78 is 0. The number of hydrogen-bond donors (Lipinski definition) is 2. The molecule has 0 unspecified atom stereocenters. The fourth-order valence-corrected chi connectivity index (χ4v) is 5.58. The maximum atomic E-state index is 13.0. The van der Waals surface area contributed by atoms with Gasteiger partial charge in [0, 0.05) is 24.5 Å². The van der Waals surface area contributed by atoms with E-state index < -0.39 is 0 Å². The van der Waals surface area contributed by atoms with Gasteiger partial charge in [-0.2, -0.15) is 0 Å². The number of carbonyl (C=O) groups is 1. The van der Waals surface area contributed by atoms with Crippen molar-refractivity contribution in [1.82, 2.24) is 10.2 Å². The van der Waals surface area contributed by atoms with Crippen molar-refractivity contribution in [1.29, 1.82) is 0 Å². The number of fused-ring (bicyclic) bond motifs is 3. The average molecular weight is 416 g/mol. The van der Waals surface area contributed by atoms with Crippen LogP contribution in [0.15, 0.2) is 66.2 Å². The summed E-state index contributed by atoms with van der Waals surface area (Å²) in [5.41, 5.74) is 5.65. The summed E-state index contributed by atoms with van der Waals surface area (Å²) in [4.78, 5) is 16.8. The van der Waals surface area contributed by atoms with E-state index in [1.165, 1.54) is 16.0 Å². The molecule has 0 spiro atoms. The summed E-state index contributed by atoms with van der Waals surface area (Å²) in [5.74, 6) is 0.0450. The summed E-state index contributed by atoms with van der Waals surface area (Å²) in [6.07, 6.45) is 2.87. The molecular formula is C25H25N3OS. The van der Waals surface area contributed by atoms with Crippen molar-refractivity contribution in [3.05, 3.63) is 93.4 Å². The van der Waals surface area contributed by atoms with Crippen molar-refractivity contribution in [2.75, 3.05) is 11.9 Å². The Morgan fingerprint density at radius 2 is 1.83 bits per heavy atom. The van der Waals surface area contributed by atoms with Gasteiger partial charge < -0.3 is 10.6 Å². The van der Waals surface area contributed by atoms with E-state index in [1.54, 1.807) is 11.3 Å². The van der Waals surface area contributed by atoms with Crippen molar-refractivity contribution in [2.45, 2.75) is 32.6 Å². The first-order valence-electron chi connectivity index (χ1n) is 10.4. The summed E-state index contributed by atoms with van der Waals surface area (Å²) in [5, 5.41) is 7.73. The summed E-state index contributed by atoms with van der Waals surface area (Å²) in [7, 11) is 0. The Morgan fingerprint density at radius 1 is 1.10 bits per heavy atom. The van der Waals surface area contributed by atoms with Gasteiger partial charge in [-0.3, -0.25) is 9.69 Å². The van der Waals surface area contributed by atoms with Crippen LogP contribution in [0.3, 0.4) is 0 Å². The molecule has 1 atom stereocenters. The zero-order valence-corrected chi connectivity index (χ0v) is 17.8. The van der Waals surface area contributed by atoms with E-state index in [2.05, 4.69) is 71.0 Å². The number of rotatable bonds is 4. The van der Waals surface area contributed by atoms with Crippen LogP contribution in [0.1, 0.15) is 38.8 Å². The van der Waals surface area contributed by atoms with E-state index in [4.69, 9.17) is 0 Å².